The first-order valence-electron chi connectivity index (χ1n) is 11.8. The summed E-state index contributed by atoms with van der Waals surface area (Å²) in [5.74, 6) is 3.52. The number of hydrogen-bond acceptors (Lipinski definition) is 4. The number of methoxy groups -OCH3 is 2. The molecule has 2 aromatic rings. The highest BCUT2D eigenvalue weighted by Gasteiger charge is 2.34. The Kier molecular flexibility index (Phi) is 8.82. The van der Waals surface area contributed by atoms with Gasteiger partial charge in [-0.2, -0.15) is 0 Å². The number of aryl methyl sites for hydroxylation is 2. The Morgan fingerprint density at radius 3 is 2.53 bits per heavy atom. The van der Waals surface area contributed by atoms with E-state index in [1.165, 1.54) is 24.8 Å². The lowest BCUT2D eigenvalue weighted by Crippen LogP contribution is -2.46. The number of imidazole rings is 1. The third-order valence-corrected chi connectivity index (χ3v) is 6.67. The van der Waals surface area contributed by atoms with Gasteiger partial charge in [0.2, 0.25) is 0 Å². The zero-order valence-corrected chi connectivity index (χ0v) is 20.1. The maximum atomic E-state index is 5.58. The summed E-state index contributed by atoms with van der Waals surface area (Å²) in [4.78, 5) is 8.74. The third kappa shape index (κ3) is 5.96. The molecule has 0 unspecified atom stereocenters. The molecule has 1 fully saturated rings. The van der Waals surface area contributed by atoms with Gasteiger partial charge in [0, 0.05) is 44.5 Å². The quantitative estimate of drug-likeness (QED) is 0.331. The van der Waals surface area contributed by atoms with Crippen molar-refractivity contribution >= 4 is 5.96 Å². The molecular formula is C25H39N5O2. The molecule has 0 atom stereocenters. The van der Waals surface area contributed by atoms with Crippen LogP contribution in [0.5, 0.6) is 11.5 Å². The Labute approximate surface area is 192 Å². The van der Waals surface area contributed by atoms with E-state index in [1.54, 1.807) is 14.2 Å². The number of guanidine groups is 1. The van der Waals surface area contributed by atoms with Crippen LogP contribution in [-0.2, 0) is 12.0 Å². The topological polar surface area (TPSA) is 72.7 Å². The molecule has 0 aliphatic heterocycles. The van der Waals surface area contributed by atoms with E-state index < -0.39 is 0 Å². The second kappa shape index (κ2) is 11.8. The minimum Gasteiger partial charge on any atom is -0.493 e. The molecule has 1 aliphatic rings. The van der Waals surface area contributed by atoms with Gasteiger partial charge in [-0.3, -0.25) is 4.99 Å². The van der Waals surface area contributed by atoms with Gasteiger partial charge in [-0.05, 0) is 50.3 Å². The fourth-order valence-electron chi connectivity index (χ4n) is 4.69. The Morgan fingerprint density at radius 2 is 1.88 bits per heavy atom. The van der Waals surface area contributed by atoms with E-state index in [0.717, 1.165) is 68.6 Å². The molecule has 0 radical (unpaired) electrons. The highest BCUT2D eigenvalue weighted by Crippen LogP contribution is 2.42. The van der Waals surface area contributed by atoms with E-state index in [2.05, 4.69) is 37.3 Å². The number of unbranched alkanes of at least 4 members (excludes halogenated alkanes) is 1. The van der Waals surface area contributed by atoms with E-state index in [0.29, 0.717) is 0 Å². The summed E-state index contributed by atoms with van der Waals surface area (Å²) in [5.41, 5.74) is 1.39. The predicted octanol–water partition coefficient (Wildman–Crippen LogP) is 4.06. The number of hydrogen-bond donors (Lipinski definition) is 2. The third-order valence-electron chi connectivity index (χ3n) is 6.67. The highest BCUT2D eigenvalue weighted by atomic mass is 16.5. The maximum Gasteiger partial charge on any atom is 0.191 e. The summed E-state index contributed by atoms with van der Waals surface area (Å²) < 4.78 is 13.2. The first-order chi connectivity index (χ1) is 15.6. The van der Waals surface area contributed by atoms with E-state index in [9.17, 15) is 0 Å². The minimum absolute atomic E-state index is 0.0777. The molecule has 1 saturated carbocycles. The number of ether oxygens (including phenoxy) is 2. The smallest absolute Gasteiger partial charge is 0.191 e. The molecule has 32 heavy (non-hydrogen) atoms. The van der Waals surface area contributed by atoms with Crippen LogP contribution >= 0.6 is 0 Å². The molecule has 3 rings (SSSR count). The molecule has 0 bridgehead atoms. The number of nitrogens with one attached hydrogen (secondary N) is 2. The van der Waals surface area contributed by atoms with Crippen LogP contribution in [0.3, 0.4) is 0 Å². The predicted molar refractivity (Wildman–Crippen MR) is 130 cm³/mol. The van der Waals surface area contributed by atoms with Crippen molar-refractivity contribution in [2.24, 2.45) is 4.99 Å². The SMILES string of the molecule is CN=C(NCCCCn1ccnc1C)NCC1(c2ccc(OC)c(OC)c2)CCCCC1. The number of nitrogens with zero attached hydrogens (tertiary/aromatic N) is 3. The molecule has 0 spiro atoms. The Balaban J connectivity index is 1.56. The molecular weight excluding hydrogens is 402 g/mol. The van der Waals surface area contributed by atoms with Gasteiger partial charge in [0.15, 0.2) is 17.5 Å². The maximum absolute atomic E-state index is 5.58. The normalized spacial score (nSPS) is 15.9. The van der Waals surface area contributed by atoms with Crippen LogP contribution in [0.4, 0.5) is 0 Å². The Hall–Kier alpha value is -2.70. The summed E-state index contributed by atoms with van der Waals surface area (Å²) in [7, 11) is 5.23. The van der Waals surface area contributed by atoms with Crippen molar-refractivity contribution < 1.29 is 9.47 Å². The summed E-state index contributed by atoms with van der Waals surface area (Å²) in [6, 6.07) is 6.38. The molecule has 7 heteroatoms. The largest absolute Gasteiger partial charge is 0.493 e. The molecule has 7 nitrogen and oxygen atoms in total. The van der Waals surface area contributed by atoms with E-state index in [-0.39, 0.29) is 5.41 Å². The zero-order valence-electron chi connectivity index (χ0n) is 20.1. The van der Waals surface area contributed by atoms with E-state index in [1.807, 2.05) is 32.4 Å². The molecule has 1 aromatic heterocycles. The molecule has 0 amide bonds. The fraction of sp³-hybridized carbons (Fsp3) is 0.600. The number of aromatic nitrogens is 2. The summed E-state index contributed by atoms with van der Waals surface area (Å²) >= 11 is 0. The lowest BCUT2D eigenvalue weighted by atomic mass is 9.69. The number of benzene rings is 1. The zero-order chi connectivity index (χ0) is 22.8. The molecule has 1 heterocycles. The van der Waals surface area contributed by atoms with Crippen molar-refractivity contribution in [3.05, 3.63) is 42.0 Å². The van der Waals surface area contributed by atoms with Gasteiger partial charge in [0.05, 0.1) is 14.2 Å². The van der Waals surface area contributed by atoms with Crippen LogP contribution in [0.1, 0.15) is 56.3 Å². The Morgan fingerprint density at radius 1 is 1.09 bits per heavy atom. The first kappa shape index (κ1) is 24.0. The van der Waals surface area contributed by atoms with Crippen molar-refractivity contribution in [1.82, 2.24) is 20.2 Å². The van der Waals surface area contributed by atoms with Crippen LogP contribution in [0.2, 0.25) is 0 Å². The lowest BCUT2D eigenvalue weighted by molar-refractivity contribution is 0.288. The van der Waals surface area contributed by atoms with Gasteiger partial charge in [0.1, 0.15) is 5.82 Å². The average Bonchev–Trinajstić information content (AvgIpc) is 3.25. The van der Waals surface area contributed by atoms with Gasteiger partial charge in [-0.1, -0.05) is 25.3 Å². The van der Waals surface area contributed by atoms with Crippen molar-refractivity contribution in [3.8, 4) is 11.5 Å². The van der Waals surface area contributed by atoms with Crippen molar-refractivity contribution in [1.29, 1.82) is 0 Å². The van der Waals surface area contributed by atoms with Crippen LogP contribution in [0, 0.1) is 6.92 Å². The van der Waals surface area contributed by atoms with E-state index in [4.69, 9.17) is 9.47 Å². The highest BCUT2D eigenvalue weighted by molar-refractivity contribution is 5.79. The van der Waals surface area contributed by atoms with E-state index >= 15 is 0 Å². The van der Waals surface area contributed by atoms with Crippen molar-refractivity contribution in [2.45, 2.75) is 63.8 Å². The second-order valence-corrected chi connectivity index (χ2v) is 8.64. The van der Waals surface area contributed by atoms with Crippen molar-refractivity contribution in [3.63, 3.8) is 0 Å². The van der Waals surface area contributed by atoms with Gasteiger partial charge < -0.3 is 24.7 Å². The monoisotopic (exact) mass is 441 g/mol. The molecule has 0 saturated heterocycles. The van der Waals surface area contributed by atoms with Gasteiger partial charge >= 0.3 is 0 Å². The molecule has 176 valence electrons. The molecule has 1 aromatic carbocycles. The number of rotatable bonds is 10. The molecule has 2 N–H and O–H groups in total. The minimum atomic E-state index is 0.0777. The fourth-order valence-corrected chi connectivity index (χ4v) is 4.69. The summed E-state index contributed by atoms with van der Waals surface area (Å²) in [6.07, 6.45) is 12.2. The number of aliphatic imine (C=N–C) groups is 1. The van der Waals surface area contributed by atoms with Crippen LogP contribution < -0.4 is 20.1 Å². The Bertz CT molecular complexity index is 871. The first-order valence-corrected chi connectivity index (χ1v) is 11.8. The second-order valence-electron chi connectivity index (χ2n) is 8.64. The average molecular weight is 442 g/mol. The van der Waals surface area contributed by atoms with Gasteiger partial charge in [0.25, 0.3) is 0 Å². The summed E-state index contributed by atoms with van der Waals surface area (Å²) in [6.45, 7) is 4.80. The summed E-state index contributed by atoms with van der Waals surface area (Å²) in [5, 5.41) is 7.09. The lowest BCUT2D eigenvalue weighted by Gasteiger charge is -2.38. The van der Waals surface area contributed by atoms with Crippen LogP contribution in [0.15, 0.2) is 35.6 Å². The standard InChI is InChI=1S/C25H39N5O2/c1-20-27-15-17-30(20)16-9-8-14-28-24(26-2)29-19-25(12-6-5-7-13-25)21-10-11-22(31-3)23(18-21)32-4/h10-11,15,17-18H,5-9,12-14,16,19H2,1-4H3,(H2,26,28,29). The van der Waals surface area contributed by atoms with Crippen LogP contribution in [0.25, 0.3) is 0 Å². The van der Waals surface area contributed by atoms with Gasteiger partial charge in [-0.15, -0.1) is 0 Å². The van der Waals surface area contributed by atoms with Crippen molar-refractivity contribution in [2.75, 3.05) is 34.4 Å². The van der Waals surface area contributed by atoms with Gasteiger partial charge in [-0.25, -0.2) is 4.98 Å². The molecule has 1 aliphatic carbocycles. The van der Waals surface area contributed by atoms with Crippen LogP contribution in [-0.4, -0.2) is 49.9 Å².